The van der Waals surface area contributed by atoms with Crippen LogP contribution in [0.4, 0.5) is 0 Å². The lowest BCUT2D eigenvalue weighted by Gasteiger charge is -2.14. The summed E-state index contributed by atoms with van der Waals surface area (Å²) in [5, 5.41) is 6.01. The first kappa shape index (κ1) is 14.8. The Bertz CT molecular complexity index is 996. The van der Waals surface area contributed by atoms with Gasteiger partial charge in [0.25, 0.3) is 11.1 Å². The molecule has 1 atom stereocenters. The van der Waals surface area contributed by atoms with Crippen molar-refractivity contribution < 1.29 is 4.79 Å². The van der Waals surface area contributed by atoms with Gasteiger partial charge in [-0.15, -0.1) is 0 Å². The molecule has 0 saturated heterocycles. The summed E-state index contributed by atoms with van der Waals surface area (Å²) in [6, 6.07) is 9.01. The number of carbonyl (C=O) groups is 1. The minimum atomic E-state index is -0.698. The number of primary amides is 1. The third-order valence-corrected chi connectivity index (χ3v) is 3.92. The lowest BCUT2D eigenvalue weighted by atomic mass is 9.88. The van der Waals surface area contributed by atoms with Crippen LogP contribution in [0.2, 0.25) is 0 Å². The van der Waals surface area contributed by atoms with Crippen LogP contribution in [0.5, 0.6) is 0 Å². The average Bonchev–Trinajstić information content (AvgIpc) is 2.83. The summed E-state index contributed by atoms with van der Waals surface area (Å²) < 4.78 is 0. The van der Waals surface area contributed by atoms with Crippen molar-refractivity contribution in [1.82, 2.24) is 15.2 Å². The summed E-state index contributed by atoms with van der Waals surface area (Å²) in [7, 11) is 0. The number of para-hydroxylation sites is 1. The van der Waals surface area contributed by atoms with E-state index in [0.717, 1.165) is 5.39 Å². The molecule has 0 unspecified atom stereocenters. The smallest absolute Gasteiger partial charge is 0.267 e. The van der Waals surface area contributed by atoms with E-state index in [2.05, 4.69) is 15.2 Å². The van der Waals surface area contributed by atoms with E-state index in [9.17, 15) is 14.4 Å². The van der Waals surface area contributed by atoms with Gasteiger partial charge in [0.05, 0.1) is 0 Å². The quantitative estimate of drug-likeness (QED) is 0.571. The van der Waals surface area contributed by atoms with E-state index in [0.29, 0.717) is 22.3 Å². The number of nitrogens with two attached hydrogens (primary N) is 1. The van der Waals surface area contributed by atoms with Crippen molar-refractivity contribution in [2.75, 3.05) is 0 Å². The second kappa shape index (κ2) is 5.60. The van der Waals surface area contributed by atoms with Crippen molar-refractivity contribution in [2.24, 2.45) is 5.73 Å². The topological polar surface area (TPSA) is 125 Å². The monoisotopic (exact) mass is 312 g/mol. The highest BCUT2D eigenvalue weighted by atomic mass is 16.1. The molecular weight excluding hydrogens is 296 g/mol. The summed E-state index contributed by atoms with van der Waals surface area (Å²) in [6.45, 7) is 1.70. The Kier molecular flexibility index (Phi) is 3.61. The number of carbonyl (C=O) groups excluding carboxylic acids is 1. The van der Waals surface area contributed by atoms with Gasteiger partial charge in [0.2, 0.25) is 5.91 Å². The summed E-state index contributed by atoms with van der Waals surface area (Å²) in [4.78, 5) is 38.7. The largest absolute Gasteiger partial charge is 0.370 e. The van der Waals surface area contributed by atoms with Crippen molar-refractivity contribution in [2.45, 2.75) is 19.3 Å². The molecule has 118 valence electrons. The maximum Gasteiger partial charge on any atom is 0.267 e. The fourth-order valence-corrected chi connectivity index (χ4v) is 2.87. The normalized spacial score (nSPS) is 12.4. The number of aryl methyl sites for hydroxylation is 1. The third-order valence-electron chi connectivity index (χ3n) is 3.92. The Morgan fingerprint density at radius 1 is 1.17 bits per heavy atom. The molecule has 0 saturated carbocycles. The average molecular weight is 312 g/mol. The van der Waals surface area contributed by atoms with Crippen molar-refractivity contribution >= 4 is 16.8 Å². The van der Waals surface area contributed by atoms with Gasteiger partial charge in [-0.2, -0.15) is 0 Å². The zero-order chi connectivity index (χ0) is 16.6. The van der Waals surface area contributed by atoms with Crippen LogP contribution in [-0.4, -0.2) is 21.1 Å². The maximum atomic E-state index is 12.4. The summed E-state index contributed by atoms with van der Waals surface area (Å²) >= 11 is 0. The van der Waals surface area contributed by atoms with Gasteiger partial charge in [-0.1, -0.05) is 18.2 Å². The van der Waals surface area contributed by atoms with Crippen molar-refractivity contribution in [3.8, 4) is 0 Å². The highest BCUT2D eigenvalue weighted by molar-refractivity contribution is 5.80. The van der Waals surface area contributed by atoms with Crippen LogP contribution < -0.4 is 16.9 Å². The molecule has 0 aliphatic heterocycles. The number of rotatable bonds is 4. The number of fused-ring (bicyclic) bond motifs is 1. The fourth-order valence-electron chi connectivity index (χ4n) is 2.87. The van der Waals surface area contributed by atoms with Gasteiger partial charge >= 0.3 is 0 Å². The van der Waals surface area contributed by atoms with Crippen LogP contribution in [0.25, 0.3) is 10.9 Å². The zero-order valence-electron chi connectivity index (χ0n) is 12.5. The van der Waals surface area contributed by atoms with Crippen LogP contribution >= 0.6 is 0 Å². The molecule has 2 aromatic heterocycles. The van der Waals surface area contributed by atoms with Crippen LogP contribution in [0.1, 0.15) is 29.2 Å². The Balaban J connectivity index is 2.25. The van der Waals surface area contributed by atoms with E-state index >= 15 is 0 Å². The van der Waals surface area contributed by atoms with Gasteiger partial charge in [0.1, 0.15) is 0 Å². The highest BCUT2D eigenvalue weighted by Gasteiger charge is 2.25. The lowest BCUT2D eigenvalue weighted by Crippen LogP contribution is -2.25. The van der Waals surface area contributed by atoms with Gasteiger partial charge in [-0.25, -0.2) is 0 Å². The summed E-state index contributed by atoms with van der Waals surface area (Å²) in [5.74, 6) is -1.28. The van der Waals surface area contributed by atoms with Crippen molar-refractivity contribution in [3.63, 3.8) is 0 Å². The Morgan fingerprint density at radius 2 is 1.91 bits per heavy atom. The van der Waals surface area contributed by atoms with Crippen molar-refractivity contribution in [1.29, 1.82) is 0 Å². The Hall–Kier alpha value is -3.09. The van der Waals surface area contributed by atoms with Crippen molar-refractivity contribution in [3.05, 3.63) is 67.9 Å². The van der Waals surface area contributed by atoms with Crippen LogP contribution in [-0.2, 0) is 4.79 Å². The lowest BCUT2D eigenvalue weighted by molar-refractivity contribution is -0.118. The summed E-state index contributed by atoms with van der Waals surface area (Å²) in [5.41, 5.74) is 6.59. The van der Waals surface area contributed by atoms with E-state index in [1.165, 1.54) is 0 Å². The number of aromatic nitrogens is 3. The predicted octanol–water partition coefficient (Wildman–Crippen LogP) is 0.860. The third kappa shape index (κ3) is 2.68. The minimum absolute atomic E-state index is 0.122. The molecule has 5 N–H and O–H groups in total. The van der Waals surface area contributed by atoms with Gasteiger partial charge in [0, 0.05) is 34.7 Å². The first-order valence-electron chi connectivity index (χ1n) is 7.14. The Morgan fingerprint density at radius 3 is 2.57 bits per heavy atom. The molecule has 7 heteroatoms. The molecule has 0 spiro atoms. The number of pyridine rings is 1. The molecule has 0 aliphatic carbocycles. The molecule has 0 radical (unpaired) electrons. The van der Waals surface area contributed by atoms with Crippen LogP contribution in [0.3, 0.4) is 0 Å². The predicted molar refractivity (Wildman–Crippen MR) is 86.4 cm³/mol. The van der Waals surface area contributed by atoms with E-state index in [1.54, 1.807) is 19.1 Å². The number of amides is 1. The van der Waals surface area contributed by atoms with Gasteiger partial charge in [-0.3, -0.25) is 19.5 Å². The SMILES string of the molecule is Cc1[nH][nH]c(=O)c1[C@H](CC(N)=O)c1cc2ccccc2[nH]c1=O. The first-order valence-corrected chi connectivity index (χ1v) is 7.14. The molecule has 1 aromatic carbocycles. The van der Waals surface area contributed by atoms with E-state index < -0.39 is 11.8 Å². The molecule has 23 heavy (non-hydrogen) atoms. The molecule has 0 bridgehead atoms. The van der Waals surface area contributed by atoms with E-state index in [-0.39, 0.29) is 17.5 Å². The second-order valence-electron chi connectivity index (χ2n) is 5.48. The maximum absolute atomic E-state index is 12.4. The molecule has 0 aliphatic rings. The highest BCUT2D eigenvalue weighted by Crippen LogP contribution is 2.26. The Labute approximate surface area is 130 Å². The summed E-state index contributed by atoms with van der Waals surface area (Å²) in [6.07, 6.45) is -0.122. The molecular formula is C16H16N4O3. The molecule has 1 amide bonds. The minimum Gasteiger partial charge on any atom is -0.370 e. The number of nitrogens with one attached hydrogen (secondary N) is 3. The van der Waals surface area contributed by atoms with Crippen LogP contribution in [0.15, 0.2) is 39.9 Å². The van der Waals surface area contributed by atoms with Gasteiger partial charge in [0.15, 0.2) is 0 Å². The zero-order valence-corrected chi connectivity index (χ0v) is 12.5. The number of hydrogen-bond donors (Lipinski definition) is 4. The molecule has 3 aromatic rings. The standard InChI is InChI=1S/C16H16N4O3/c1-8-14(16(23)20-19-8)10(7-13(17)21)11-6-9-4-2-3-5-12(9)18-15(11)22/h2-6,10H,7H2,1H3,(H2,17,21)(H,18,22)(H2,19,20,23)/t10-/m1/s1. The number of H-pyrrole nitrogens is 3. The van der Waals surface area contributed by atoms with Gasteiger partial charge < -0.3 is 15.8 Å². The molecule has 3 rings (SSSR count). The first-order chi connectivity index (χ1) is 11.0. The second-order valence-corrected chi connectivity index (χ2v) is 5.48. The molecule has 7 nitrogen and oxygen atoms in total. The number of aromatic amines is 3. The van der Waals surface area contributed by atoms with Gasteiger partial charge in [-0.05, 0) is 24.4 Å². The fraction of sp³-hybridized carbons (Fsp3) is 0.188. The van der Waals surface area contributed by atoms with E-state index in [1.807, 2.05) is 18.2 Å². The molecule has 2 heterocycles. The number of hydrogen-bond acceptors (Lipinski definition) is 3. The van der Waals surface area contributed by atoms with E-state index in [4.69, 9.17) is 5.73 Å². The molecule has 0 fully saturated rings. The van der Waals surface area contributed by atoms with Crippen LogP contribution in [0, 0.1) is 6.92 Å². The number of benzene rings is 1.